The molecule has 0 saturated carbocycles. The third-order valence-electron chi connectivity index (χ3n) is 2.75. The number of nitrogens with one attached hydrogen (secondary N) is 2. The van der Waals surface area contributed by atoms with Crippen molar-refractivity contribution in [3.63, 3.8) is 0 Å². The van der Waals surface area contributed by atoms with Gasteiger partial charge in [0.2, 0.25) is 5.52 Å². The van der Waals surface area contributed by atoms with E-state index >= 15 is 0 Å². The van der Waals surface area contributed by atoms with Crippen LogP contribution in [0.4, 0.5) is 5.69 Å². The molecule has 1 heterocycles. The molecule has 90 valence electrons. The average Bonchev–Trinajstić information content (AvgIpc) is 2.34. The van der Waals surface area contributed by atoms with E-state index in [0.29, 0.717) is 0 Å². The van der Waals surface area contributed by atoms with Gasteiger partial charge in [-0.1, -0.05) is 11.6 Å². The maximum atomic E-state index is 5.97. The molecule has 0 aliphatic carbocycles. The van der Waals surface area contributed by atoms with Crippen LogP contribution in [0.3, 0.4) is 0 Å². The molecule has 2 aromatic rings. The van der Waals surface area contributed by atoms with E-state index in [-0.39, 0.29) is 0 Å². The highest BCUT2D eigenvalue weighted by molar-refractivity contribution is 6.31. The minimum absolute atomic E-state index is 0.756. The standard InChI is InChI=1S/C13H16ClN3/c1-15-6-2-7-16-12-5-8-17-13-9-10(14)3-4-11(12)13/h3-5,8-9,15H,2,6-7H2,1H3,(H,16,17)/p+2. The molecular formula is C13H18ClN3+2. The number of hydrogen-bond donors (Lipinski definition) is 2. The Morgan fingerprint density at radius 3 is 3.06 bits per heavy atom. The summed E-state index contributed by atoms with van der Waals surface area (Å²) in [6, 6.07) is 7.97. The second-order valence-electron chi connectivity index (χ2n) is 4.06. The number of rotatable bonds is 5. The van der Waals surface area contributed by atoms with Gasteiger partial charge < -0.3 is 10.6 Å². The molecule has 0 bridgehead atoms. The van der Waals surface area contributed by atoms with Crippen molar-refractivity contribution in [3.8, 4) is 0 Å². The van der Waals surface area contributed by atoms with Gasteiger partial charge in [0.05, 0.1) is 24.7 Å². The number of hydrogen-bond acceptors (Lipinski definition) is 1. The van der Waals surface area contributed by atoms with E-state index in [2.05, 4.69) is 28.7 Å². The van der Waals surface area contributed by atoms with Gasteiger partial charge in [-0.15, -0.1) is 0 Å². The van der Waals surface area contributed by atoms with Crippen LogP contribution in [0.15, 0.2) is 30.5 Å². The van der Waals surface area contributed by atoms with Crippen molar-refractivity contribution < 1.29 is 10.3 Å². The van der Waals surface area contributed by atoms with Crippen LogP contribution in [0.1, 0.15) is 6.42 Å². The fourth-order valence-corrected chi connectivity index (χ4v) is 2.03. The van der Waals surface area contributed by atoms with Gasteiger partial charge >= 0.3 is 0 Å². The van der Waals surface area contributed by atoms with Gasteiger partial charge in [-0.2, -0.15) is 0 Å². The first kappa shape index (κ1) is 12.1. The number of anilines is 1. The van der Waals surface area contributed by atoms with Gasteiger partial charge in [0.25, 0.3) is 0 Å². The molecule has 4 N–H and O–H groups in total. The molecule has 3 nitrogen and oxygen atoms in total. The summed E-state index contributed by atoms with van der Waals surface area (Å²) in [5.74, 6) is 0. The number of halogens is 1. The molecule has 0 radical (unpaired) electrons. The summed E-state index contributed by atoms with van der Waals surface area (Å²) in [6.45, 7) is 2.14. The molecule has 0 fully saturated rings. The van der Waals surface area contributed by atoms with E-state index in [0.717, 1.165) is 35.7 Å². The van der Waals surface area contributed by atoms with Gasteiger partial charge in [-0.25, -0.2) is 4.98 Å². The maximum absolute atomic E-state index is 5.97. The summed E-state index contributed by atoms with van der Waals surface area (Å²) in [7, 11) is 2.09. The van der Waals surface area contributed by atoms with E-state index in [1.165, 1.54) is 5.39 Å². The fourth-order valence-electron chi connectivity index (χ4n) is 1.86. The maximum Gasteiger partial charge on any atom is 0.214 e. The second kappa shape index (κ2) is 5.84. The Bertz CT molecular complexity index is 499. The Hall–Kier alpha value is -1.32. The highest BCUT2D eigenvalue weighted by Crippen LogP contribution is 2.22. The molecule has 17 heavy (non-hydrogen) atoms. The summed E-state index contributed by atoms with van der Waals surface area (Å²) < 4.78 is 0. The van der Waals surface area contributed by atoms with E-state index < -0.39 is 0 Å². The molecule has 0 atom stereocenters. The van der Waals surface area contributed by atoms with Gasteiger partial charge in [-0.3, -0.25) is 0 Å². The second-order valence-corrected chi connectivity index (χ2v) is 4.49. The Labute approximate surface area is 106 Å². The van der Waals surface area contributed by atoms with Gasteiger partial charge in [0, 0.05) is 30.1 Å². The van der Waals surface area contributed by atoms with Crippen LogP contribution in [0.2, 0.25) is 5.02 Å². The van der Waals surface area contributed by atoms with E-state index in [1.807, 2.05) is 24.4 Å². The number of quaternary nitrogens is 1. The van der Waals surface area contributed by atoms with Crippen LogP contribution >= 0.6 is 11.6 Å². The molecule has 0 aliphatic rings. The highest BCUT2D eigenvalue weighted by Gasteiger charge is 2.06. The van der Waals surface area contributed by atoms with Crippen LogP contribution in [0.25, 0.3) is 10.9 Å². The zero-order valence-corrected chi connectivity index (χ0v) is 10.7. The monoisotopic (exact) mass is 251 g/mol. The molecule has 0 amide bonds. The van der Waals surface area contributed by atoms with Crippen molar-refractivity contribution in [2.24, 2.45) is 0 Å². The lowest BCUT2D eigenvalue weighted by molar-refractivity contribution is -0.626. The summed E-state index contributed by atoms with van der Waals surface area (Å²) in [6.07, 6.45) is 3.09. The number of H-pyrrole nitrogens is 1. The molecule has 4 heteroatoms. The van der Waals surface area contributed by atoms with Crippen LogP contribution < -0.4 is 15.6 Å². The Balaban J connectivity index is 2.16. The predicted molar refractivity (Wildman–Crippen MR) is 71.3 cm³/mol. The van der Waals surface area contributed by atoms with Gasteiger partial charge in [0.15, 0.2) is 6.20 Å². The summed E-state index contributed by atoms with van der Waals surface area (Å²) >= 11 is 5.97. The molecule has 0 unspecified atom stereocenters. The zero-order chi connectivity index (χ0) is 12.1. The van der Waals surface area contributed by atoms with Gasteiger partial charge in [-0.05, 0) is 12.1 Å². The number of pyridine rings is 1. The first-order chi connectivity index (χ1) is 8.31. The predicted octanol–water partition coefficient (Wildman–Crippen LogP) is 1.30. The Morgan fingerprint density at radius 2 is 2.24 bits per heavy atom. The fraction of sp³-hybridized carbons (Fsp3) is 0.308. The number of benzene rings is 1. The van der Waals surface area contributed by atoms with Crippen molar-refractivity contribution in [1.29, 1.82) is 0 Å². The minimum atomic E-state index is 0.756. The third-order valence-corrected chi connectivity index (χ3v) is 2.98. The van der Waals surface area contributed by atoms with Crippen LogP contribution in [-0.2, 0) is 0 Å². The quantitative estimate of drug-likeness (QED) is 0.773. The topological polar surface area (TPSA) is 42.8 Å². The first-order valence-corrected chi connectivity index (χ1v) is 6.30. The number of nitrogens with two attached hydrogens (primary N) is 1. The number of aromatic nitrogens is 1. The molecule has 0 spiro atoms. The van der Waals surface area contributed by atoms with Crippen LogP contribution in [0.5, 0.6) is 0 Å². The Kier molecular flexibility index (Phi) is 4.18. The summed E-state index contributed by atoms with van der Waals surface area (Å²) in [5, 5.41) is 7.59. The van der Waals surface area contributed by atoms with Crippen molar-refractivity contribution in [2.45, 2.75) is 6.42 Å². The molecule has 0 saturated heterocycles. The lowest BCUT2D eigenvalue weighted by Crippen LogP contribution is -2.79. The lowest BCUT2D eigenvalue weighted by atomic mass is 10.2. The number of aromatic amines is 1. The molecular weight excluding hydrogens is 234 g/mol. The average molecular weight is 252 g/mol. The van der Waals surface area contributed by atoms with Crippen molar-refractivity contribution in [1.82, 2.24) is 0 Å². The molecule has 2 rings (SSSR count). The highest BCUT2D eigenvalue weighted by atomic mass is 35.5. The van der Waals surface area contributed by atoms with E-state index in [1.54, 1.807) is 0 Å². The Morgan fingerprint density at radius 1 is 1.35 bits per heavy atom. The third kappa shape index (κ3) is 3.08. The normalized spacial score (nSPS) is 10.7. The van der Waals surface area contributed by atoms with Crippen molar-refractivity contribution >= 4 is 28.2 Å². The van der Waals surface area contributed by atoms with E-state index in [9.17, 15) is 0 Å². The van der Waals surface area contributed by atoms with Crippen LogP contribution in [-0.4, -0.2) is 20.1 Å². The minimum Gasteiger partial charge on any atom is -0.384 e. The summed E-state index contributed by atoms with van der Waals surface area (Å²) in [4.78, 5) is 3.20. The smallest absolute Gasteiger partial charge is 0.214 e. The SMILES string of the molecule is C[NH2+]CCCNc1cc[nH+]c2cc(Cl)ccc12. The summed E-state index contributed by atoms with van der Waals surface area (Å²) in [5.41, 5.74) is 2.22. The lowest BCUT2D eigenvalue weighted by Gasteiger charge is -2.06. The van der Waals surface area contributed by atoms with Crippen molar-refractivity contribution in [3.05, 3.63) is 35.5 Å². The van der Waals surface area contributed by atoms with Gasteiger partial charge in [0.1, 0.15) is 0 Å². The molecule has 1 aromatic carbocycles. The van der Waals surface area contributed by atoms with Crippen molar-refractivity contribution in [2.75, 3.05) is 25.5 Å². The number of fused-ring (bicyclic) bond motifs is 1. The van der Waals surface area contributed by atoms with E-state index in [4.69, 9.17) is 11.6 Å². The van der Waals surface area contributed by atoms with Crippen LogP contribution in [0, 0.1) is 0 Å². The largest absolute Gasteiger partial charge is 0.384 e. The zero-order valence-electron chi connectivity index (χ0n) is 9.96. The first-order valence-electron chi connectivity index (χ1n) is 5.93. The molecule has 1 aromatic heterocycles. The molecule has 0 aliphatic heterocycles.